The van der Waals surface area contributed by atoms with Crippen molar-refractivity contribution < 1.29 is 27.4 Å². The largest absolute Gasteiger partial charge is 0.573 e. The number of nitrogens with zero attached hydrogens (tertiary/aromatic N) is 4. The van der Waals surface area contributed by atoms with E-state index in [-0.39, 0.29) is 5.75 Å². The molecule has 1 N–H and O–H groups in total. The van der Waals surface area contributed by atoms with E-state index in [9.17, 15) is 18.0 Å². The lowest BCUT2D eigenvalue weighted by Gasteiger charge is -2.19. The summed E-state index contributed by atoms with van der Waals surface area (Å²) < 4.78 is 47.6. The fraction of sp³-hybridized carbons (Fsp3) is 0.292. The zero-order chi connectivity index (χ0) is 25.6. The first-order chi connectivity index (χ1) is 16.4. The molecule has 11 heteroatoms. The smallest absolute Gasteiger partial charge is 0.430 e. The minimum Gasteiger partial charge on any atom is -0.430 e. The van der Waals surface area contributed by atoms with E-state index in [1.807, 2.05) is 19.0 Å². The molecular formula is C24H24F3N5O3. The van der Waals surface area contributed by atoms with Gasteiger partial charge in [-0.3, -0.25) is 10.2 Å². The number of rotatable bonds is 6. The van der Waals surface area contributed by atoms with Gasteiger partial charge in [-0.2, -0.15) is 0 Å². The molecule has 3 aromatic rings. The molecule has 3 rings (SSSR count). The zero-order valence-electron chi connectivity index (χ0n) is 19.6. The van der Waals surface area contributed by atoms with Crippen LogP contribution in [0.1, 0.15) is 13.8 Å². The maximum Gasteiger partial charge on any atom is 0.573 e. The number of ether oxygens (including phenoxy) is 2. The molecule has 0 fully saturated rings. The Hall–Kier alpha value is -4.04. The van der Waals surface area contributed by atoms with Crippen molar-refractivity contribution in [2.45, 2.75) is 25.8 Å². The van der Waals surface area contributed by atoms with Gasteiger partial charge in [-0.05, 0) is 76.5 Å². The first-order valence-electron chi connectivity index (χ1n) is 10.4. The van der Waals surface area contributed by atoms with Crippen LogP contribution >= 0.6 is 0 Å². The van der Waals surface area contributed by atoms with Gasteiger partial charge >= 0.3 is 12.5 Å². The van der Waals surface area contributed by atoms with Gasteiger partial charge in [0.15, 0.2) is 11.4 Å². The van der Waals surface area contributed by atoms with E-state index in [0.29, 0.717) is 29.3 Å². The maximum absolute atomic E-state index is 12.3. The van der Waals surface area contributed by atoms with Gasteiger partial charge in [0.25, 0.3) is 0 Å². The summed E-state index contributed by atoms with van der Waals surface area (Å²) in [5.74, 6) is 5.93. The van der Waals surface area contributed by atoms with Gasteiger partial charge in [0.2, 0.25) is 0 Å². The van der Waals surface area contributed by atoms with E-state index in [1.54, 1.807) is 38.1 Å². The van der Waals surface area contributed by atoms with Crippen LogP contribution in [0, 0.1) is 11.8 Å². The van der Waals surface area contributed by atoms with Crippen molar-refractivity contribution in [3.05, 3.63) is 54.9 Å². The van der Waals surface area contributed by atoms with Crippen molar-refractivity contribution >= 4 is 11.8 Å². The first kappa shape index (κ1) is 25.6. The van der Waals surface area contributed by atoms with Gasteiger partial charge in [-0.15, -0.1) is 18.3 Å². The summed E-state index contributed by atoms with van der Waals surface area (Å²) in [4.78, 5) is 18.4. The second-order valence-electron chi connectivity index (χ2n) is 8.20. The second-order valence-corrected chi connectivity index (χ2v) is 8.20. The first-order valence-corrected chi connectivity index (χ1v) is 10.4. The Morgan fingerprint density at radius 2 is 1.74 bits per heavy atom. The van der Waals surface area contributed by atoms with Crippen molar-refractivity contribution in [3.63, 3.8) is 0 Å². The summed E-state index contributed by atoms with van der Waals surface area (Å²) in [5.41, 5.74) is 0.745. The number of halogens is 3. The van der Waals surface area contributed by atoms with Crippen LogP contribution in [-0.4, -0.2) is 58.4 Å². The lowest BCUT2D eigenvalue weighted by molar-refractivity contribution is -0.274. The van der Waals surface area contributed by atoms with Gasteiger partial charge in [0.05, 0.1) is 12.2 Å². The van der Waals surface area contributed by atoms with Crippen LogP contribution in [0.15, 0.2) is 54.9 Å². The van der Waals surface area contributed by atoms with Crippen LogP contribution in [-0.2, 0) is 4.74 Å². The summed E-state index contributed by atoms with van der Waals surface area (Å²) >= 11 is 0. The molecule has 0 aliphatic carbocycles. The van der Waals surface area contributed by atoms with Crippen LogP contribution in [0.2, 0.25) is 0 Å². The topological polar surface area (TPSA) is 81.5 Å². The van der Waals surface area contributed by atoms with Crippen LogP contribution in [0.3, 0.4) is 0 Å². The Labute approximate surface area is 200 Å². The van der Waals surface area contributed by atoms with Crippen LogP contribution in [0.25, 0.3) is 17.1 Å². The predicted octanol–water partition coefficient (Wildman–Crippen LogP) is 4.73. The van der Waals surface area contributed by atoms with Gasteiger partial charge in [-0.25, -0.2) is 14.5 Å². The molecule has 1 heterocycles. The molecule has 0 atom stereocenters. The average Bonchev–Trinajstić information content (AvgIpc) is 3.23. The molecular weight excluding hydrogens is 463 g/mol. The standard InChI is InChI=1S/C24H24F3N5O3/c1-23(2,14-5-15-31(3)4)35-22(33)29-18-8-6-17(7-9-18)21-28-16-32(30-21)19-10-12-20(13-11-19)34-24(25,26)27/h6-13,16H,15H2,1-4H3,(H,29,33). The van der Waals surface area contributed by atoms with E-state index < -0.39 is 18.1 Å². The lowest BCUT2D eigenvalue weighted by Crippen LogP contribution is -2.29. The van der Waals surface area contributed by atoms with Crippen molar-refractivity contribution in [1.29, 1.82) is 0 Å². The molecule has 0 radical (unpaired) electrons. The number of amides is 1. The van der Waals surface area contributed by atoms with Crippen molar-refractivity contribution in [1.82, 2.24) is 19.7 Å². The van der Waals surface area contributed by atoms with Gasteiger partial charge < -0.3 is 9.47 Å². The van der Waals surface area contributed by atoms with Gasteiger partial charge in [0, 0.05) is 11.3 Å². The third kappa shape index (κ3) is 8.04. The normalized spacial score (nSPS) is 11.5. The monoisotopic (exact) mass is 487 g/mol. The van der Waals surface area contributed by atoms with Crippen molar-refractivity contribution in [3.8, 4) is 34.7 Å². The minimum absolute atomic E-state index is 0.327. The van der Waals surface area contributed by atoms with Gasteiger partial charge in [0.1, 0.15) is 12.1 Å². The molecule has 0 unspecified atom stereocenters. The summed E-state index contributed by atoms with van der Waals surface area (Å²) in [7, 11) is 3.79. The molecule has 0 saturated carbocycles. The maximum atomic E-state index is 12.3. The van der Waals surface area contributed by atoms with E-state index in [0.717, 1.165) is 0 Å². The summed E-state index contributed by atoms with van der Waals surface area (Å²) in [5, 5.41) is 7.00. The molecule has 0 aliphatic rings. The number of hydrogen-bond acceptors (Lipinski definition) is 6. The van der Waals surface area contributed by atoms with Crippen LogP contribution in [0.4, 0.5) is 23.7 Å². The van der Waals surface area contributed by atoms with E-state index in [2.05, 4.69) is 32.0 Å². The zero-order valence-corrected chi connectivity index (χ0v) is 19.6. The molecule has 1 aromatic heterocycles. The van der Waals surface area contributed by atoms with E-state index in [1.165, 1.54) is 35.3 Å². The van der Waals surface area contributed by atoms with Crippen molar-refractivity contribution in [2.75, 3.05) is 26.0 Å². The highest BCUT2D eigenvalue weighted by atomic mass is 19.4. The third-order valence-electron chi connectivity index (χ3n) is 4.35. The minimum atomic E-state index is -4.75. The number of carbonyl (C=O) groups excluding carboxylic acids is 1. The van der Waals surface area contributed by atoms with E-state index >= 15 is 0 Å². The Bertz CT molecular complexity index is 1210. The SMILES string of the molecule is CN(C)CC#CC(C)(C)OC(=O)Nc1ccc(-c2ncn(-c3ccc(OC(F)(F)F)cc3)n2)cc1. The summed E-state index contributed by atoms with van der Waals surface area (Å²) in [6, 6.07) is 12.0. The molecule has 1 amide bonds. The molecule has 35 heavy (non-hydrogen) atoms. The molecule has 184 valence electrons. The van der Waals surface area contributed by atoms with Crippen molar-refractivity contribution in [2.24, 2.45) is 0 Å². The fourth-order valence-corrected chi connectivity index (χ4v) is 2.83. The Kier molecular flexibility index (Phi) is 7.66. The van der Waals surface area contributed by atoms with Crippen LogP contribution < -0.4 is 10.1 Å². The number of alkyl halides is 3. The molecule has 8 nitrogen and oxygen atoms in total. The second kappa shape index (κ2) is 10.5. The summed E-state index contributed by atoms with van der Waals surface area (Å²) in [6.45, 7) is 3.96. The quantitative estimate of drug-likeness (QED) is 0.507. The average molecular weight is 487 g/mol. The molecule has 0 saturated heterocycles. The molecule has 2 aromatic carbocycles. The number of nitrogens with one attached hydrogen (secondary N) is 1. The highest BCUT2D eigenvalue weighted by Crippen LogP contribution is 2.24. The van der Waals surface area contributed by atoms with Crippen LogP contribution in [0.5, 0.6) is 5.75 Å². The van der Waals surface area contributed by atoms with Gasteiger partial charge in [-0.1, -0.05) is 11.8 Å². The number of hydrogen-bond donors (Lipinski definition) is 1. The Balaban J connectivity index is 1.61. The third-order valence-corrected chi connectivity index (χ3v) is 4.35. The number of anilines is 1. The number of aromatic nitrogens is 3. The van der Waals surface area contributed by atoms with E-state index in [4.69, 9.17) is 4.74 Å². The number of carbonyl (C=O) groups is 1. The molecule has 0 spiro atoms. The molecule has 0 bridgehead atoms. The Morgan fingerprint density at radius 1 is 1.09 bits per heavy atom. The number of benzene rings is 2. The summed E-state index contributed by atoms with van der Waals surface area (Å²) in [6.07, 6.45) is -3.95. The molecule has 0 aliphatic heterocycles. The Morgan fingerprint density at radius 3 is 2.34 bits per heavy atom. The predicted molar refractivity (Wildman–Crippen MR) is 124 cm³/mol. The highest BCUT2D eigenvalue weighted by Gasteiger charge is 2.31. The lowest BCUT2D eigenvalue weighted by atomic mass is 10.1. The highest BCUT2D eigenvalue weighted by molar-refractivity contribution is 5.85. The fourth-order valence-electron chi connectivity index (χ4n) is 2.83.